The molecule has 0 saturated carbocycles. The fourth-order valence-electron chi connectivity index (χ4n) is 1.94. The maximum atomic E-state index is 13.3. The van der Waals surface area contributed by atoms with Crippen LogP contribution in [0.15, 0.2) is 28.0 Å². The number of nitrogens with one attached hydrogen (secondary N) is 1. The lowest BCUT2D eigenvalue weighted by Gasteiger charge is -2.07. The Bertz CT molecular complexity index is 888. The van der Waals surface area contributed by atoms with Gasteiger partial charge >= 0.3 is 0 Å². The maximum absolute atomic E-state index is 13.3. The molecular formula is C12H12FN9O2. The molecule has 12 heteroatoms. The van der Waals surface area contributed by atoms with Crippen LogP contribution in [-0.2, 0) is 6.54 Å². The minimum absolute atomic E-state index is 0.00367. The summed E-state index contributed by atoms with van der Waals surface area (Å²) in [4.78, 5) is 1.18. The number of oxime groups is 1. The Morgan fingerprint density at radius 2 is 2.29 bits per heavy atom. The number of hydrogen-bond donors (Lipinski definition) is 3. The molecular weight excluding hydrogens is 321 g/mol. The maximum Gasteiger partial charge on any atom is 0.260 e. The molecule has 0 aliphatic rings. The average molecular weight is 333 g/mol. The second-order valence-electron chi connectivity index (χ2n) is 4.78. The third kappa shape index (κ3) is 3.11. The minimum Gasteiger partial charge on any atom is -0.409 e. The van der Waals surface area contributed by atoms with Gasteiger partial charge < -0.3 is 16.3 Å². The molecule has 124 valence electrons. The number of rotatable bonds is 4. The molecule has 0 amide bonds. The van der Waals surface area contributed by atoms with Crippen LogP contribution in [0.5, 0.6) is 0 Å². The molecule has 11 nitrogen and oxygen atoms in total. The van der Waals surface area contributed by atoms with Gasteiger partial charge in [0.2, 0.25) is 5.84 Å². The fraction of sp³-hybridized carbons (Fsp3) is 0.167. The highest BCUT2D eigenvalue weighted by Gasteiger charge is 2.19. The number of benzene rings is 1. The van der Waals surface area contributed by atoms with Gasteiger partial charge in [-0.3, -0.25) is 0 Å². The third-order valence-electron chi connectivity index (χ3n) is 3.06. The molecule has 0 spiro atoms. The van der Waals surface area contributed by atoms with Crippen molar-refractivity contribution in [3.05, 3.63) is 41.0 Å². The van der Waals surface area contributed by atoms with E-state index in [1.807, 2.05) is 0 Å². The Morgan fingerprint density at radius 1 is 1.46 bits per heavy atom. The van der Waals surface area contributed by atoms with Gasteiger partial charge in [0, 0.05) is 5.69 Å². The quantitative estimate of drug-likeness (QED) is 0.266. The van der Waals surface area contributed by atoms with Crippen LogP contribution in [0.1, 0.15) is 17.0 Å². The van der Waals surface area contributed by atoms with Gasteiger partial charge in [-0.1, -0.05) is 15.4 Å². The first-order valence-electron chi connectivity index (χ1n) is 6.67. The second-order valence-corrected chi connectivity index (χ2v) is 4.78. The largest absolute Gasteiger partial charge is 0.409 e. The summed E-state index contributed by atoms with van der Waals surface area (Å²) in [6, 6.07) is 4.32. The summed E-state index contributed by atoms with van der Waals surface area (Å²) in [5.41, 5.74) is 6.73. The van der Waals surface area contributed by atoms with Gasteiger partial charge in [-0.2, -0.15) is 4.80 Å². The zero-order valence-corrected chi connectivity index (χ0v) is 12.4. The summed E-state index contributed by atoms with van der Waals surface area (Å²) in [6.07, 6.45) is 0. The van der Waals surface area contributed by atoms with Crippen molar-refractivity contribution in [1.82, 2.24) is 30.5 Å². The number of aromatic nitrogens is 6. The normalized spacial score (nSPS) is 11.7. The van der Waals surface area contributed by atoms with Crippen molar-refractivity contribution in [2.24, 2.45) is 5.16 Å². The van der Waals surface area contributed by atoms with E-state index >= 15 is 0 Å². The average Bonchev–Trinajstić information content (AvgIpc) is 3.18. The highest BCUT2D eigenvalue weighted by molar-refractivity contribution is 6.07. The summed E-state index contributed by atoms with van der Waals surface area (Å²) >= 11 is 0. The molecule has 2 aromatic heterocycles. The molecule has 3 rings (SSSR count). The predicted octanol–water partition coefficient (Wildman–Crippen LogP) is 0.382. The van der Waals surface area contributed by atoms with Crippen molar-refractivity contribution in [2.75, 3.05) is 11.1 Å². The molecule has 0 bridgehead atoms. The van der Waals surface area contributed by atoms with Gasteiger partial charge in [-0.25, -0.2) is 9.02 Å². The number of amidine groups is 1. The Kier molecular flexibility index (Phi) is 4.01. The summed E-state index contributed by atoms with van der Waals surface area (Å²) in [6.45, 7) is 1.66. The van der Waals surface area contributed by atoms with Crippen LogP contribution in [0.3, 0.4) is 0 Å². The number of aryl methyl sites for hydroxylation is 1. The van der Waals surface area contributed by atoms with Crippen LogP contribution in [0.2, 0.25) is 0 Å². The number of nitrogen functional groups attached to an aromatic ring is 1. The number of anilines is 2. The van der Waals surface area contributed by atoms with Crippen LogP contribution in [0, 0.1) is 12.7 Å². The monoisotopic (exact) mass is 333 g/mol. The smallest absolute Gasteiger partial charge is 0.260 e. The van der Waals surface area contributed by atoms with Crippen LogP contribution in [0.4, 0.5) is 16.0 Å². The number of tetrazole rings is 1. The zero-order chi connectivity index (χ0) is 17.1. The molecule has 0 aliphatic heterocycles. The summed E-state index contributed by atoms with van der Waals surface area (Å²) in [5.74, 6) is -0.379. The van der Waals surface area contributed by atoms with Crippen LogP contribution in [-0.4, -0.2) is 41.6 Å². The van der Waals surface area contributed by atoms with E-state index in [9.17, 15) is 9.60 Å². The van der Waals surface area contributed by atoms with E-state index in [-0.39, 0.29) is 35.5 Å². The first-order valence-corrected chi connectivity index (χ1v) is 6.67. The van der Waals surface area contributed by atoms with Crippen molar-refractivity contribution in [3.8, 4) is 0 Å². The summed E-state index contributed by atoms with van der Waals surface area (Å²) in [5, 5.41) is 33.7. The molecule has 0 unspecified atom stereocenters. The number of nitrogens with two attached hydrogens (primary N) is 1. The highest BCUT2D eigenvalue weighted by atomic mass is 19.1. The summed E-state index contributed by atoms with van der Waals surface area (Å²) < 4.78 is 18.0. The molecule has 4 N–H and O–H groups in total. The highest BCUT2D eigenvalue weighted by Crippen LogP contribution is 2.16. The lowest BCUT2D eigenvalue weighted by Crippen LogP contribution is -2.18. The topological polar surface area (TPSA) is 153 Å². The van der Waals surface area contributed by atoms with E-state index in [1.54, 1.807) is 13.0 Å². The van der Waals surface area contributed by atoms with Gasteiger partial charge in [0.05, 0.1) is 0 Å². The molecule has 0 fully saturated rings. The SMILES string of the molecule is Cc1cc(N/C(=N/O)c2nonc2Cn2nnc(N)n2)ccc1F. The van der Waals surface area contributed by atoms with Crippen molar-refractivity contribution >= 4 is 17.5 Å². The van der Waals surface area contributed by atoms with E-state index in [2.05, 4.69) is 40.8 Å². The van der Waals surface area contributed by atoms with Crippen molar-refractivity contribution in [2.45, 2.75) is 13.5 Å². The van der Waals surface area contributed by atoms with Crippen molar-refractivity contribution < 1.29 is 14.2 Å². The van der Waals surface area contributed by atoms with E-state index in [4.69, 9.17) is 5.73 Å². The van der Waals surface area contributed by atoms with Crippen LogP contribution in [0.25, 0.3) is 0 Å². The first kappa shape index (κ1) is 15.3. The standard InChI is InChI=1S/C12H12FN9O2/c1-6-4-7(2-3-8(6)13)15-11(18-23)10-9(19-24-20-10)5-22-17-12(14)16-21-22/h2-4,23H,5H2,1H3,(H2,14,17)(H,15,18). The van der Waals surface area contributed by atoms with E-state index in [0.29, 0.717) is 11.3 Å². The van der Waals surface area contributed by atoms with Gasteiger partial charge in [0.25, 0.3) is 5.95 Å². The third-order valence-corrected chi connectivity index (χ3v) is 3.06. The molecule has 0 radical (unpaired) electrons. The Labute approximate surface area is 133 Å². The lowest BCUT2D eigenvalue weighted by molar-refractivity contribution is 0.299. The van der Waals surface area contributed by atoms with Gasteiger partial charge in [-0.05, 0) is 41.1 Å². The van der Waals surface area contributed by atoms with E-state index < -0.39 is 0 Å². The van der Waals surface area contributed by atoms with Crippen LogP contribution < -0.4 is 11.1 Å². The van der Waals surface area contributed by atoms with E-state index in [1.165, 1.54) is 16.9 Å². The molecule has 2 heterocycles. The van der Waals surface area contributed by atoms with Gasteiger partial charge in [-0.15, -0.1) is 5.10 Å². The Hall–Kier alpha value is -3.57. The summed E-state index contributed by atoms with van der Waals surface area (Å²) in [7, 11) is 0. The second kappa shape index (κ2) is 6.28. The minimum atomic E-state index is -0.346. The molecule has 3 aromatic rings. The van der Waals surface area contributed by atoms with Gasteiger partial charge in [0.15, 0.2) is 5.69 Å². The van der Waals surface area contributed by atoms with E-state index in [0.717, 1.165) is 0 Å². The number of halogens is 1. The van der Waals surface area contributed by atoms with Gasteiger partial charge in [0.1, 0.15) is 18.1 Å². The first-order chi connectivity index (χ1) is 11.6. The zero-order valence-electron chi connectivity index (χ0n) is 12.4. The number of nitrogens with zero attached hydrogens (tertiary/aromatic N) is 7. The molecule has 24 heavy (non-hydrogen) atoms. The Morgan fingerprint density at radius 3 is 2.96 bits per heavy atom. The lowest BCUT2D eigenvalue weighted by atomic mass is 10.2. The molecule has 0 atom stereocenters. The number of hydrogen-bond acceptors (Lipinski definition) is 9. The molecule has 0 saturated heterocycles. The molecule has 1 aromatic carbocycles. The molecule has 0 aliphatic carbocycles. The van der Waals surface area contributed by atoms with Crippen LogP contribution >= 0.6 is 0 Å². The van der Waals surface area contributed by atoms with Crippen molar-refractivity contribution in [3.63, 3.8) is 0 Å². The predicted molar refractivity (Wildman–Crippen MR) is 78.7 cm³/mol. The fourth-order valence-corrected chi connectivity index (χ4v) is 1.94. The van der Waals surface area contributed by atoms with Crippen molar-refractivity contribution in [1.29, 1.82) is 0 Å². The Balaban J connectivity index is 1.84.